The van der Waals surface area contributed by atoms with E-state index < -0.39 is 10.0 Å². The van der Waals surface area contributed by atoms with Gasteiger partial charge in [-0.1, -0.05) is 19.1 Å². The van der Waals surface area contributed by atoms with Crippen molar-refractivity contribution in [3.63, 3.8) is 0 Å². The smallest absolute Gasteiger partial charge is 0.290 e. The number of carbonyl (C=O) groups is 1. The molecule has 8 heteroatoms. The van der Waals surface area contributed by atoms with Crippen LogP contribution in [0.3, 0.4) is 0 Å². The van der Waals surface area contributed by atoms with E-state index in [1.807, 2.05) is 38.1 Å². The second-order valence-corrected chi connectivity index (χ2v) is 9.76. The number of aryl methyl sites for hydroxylation is 3. The molecule has 0 bridgehead atoms. The summed E-state index contributed by atoms with van der Waals surface area (Å²) in [6, 6.07) is 9.20. The van der Waals surface area contributed by atoms with E-state index in [4.69, 9.17) is 9.15 Å². The minimum absolute atomic E-state index is 0.0681. The number of hydrogen-bond acceptors (Lipinski definition) is 5. The molecule has 1 amide bonds. The van der Waals surface area contributed by atoms with E-state index in [0.717, 1.165) is 17.5 Å². The topological polar surface area (TPSA) is 88.9 Å². The highest BCUT2D eigenvalue weighted by atomic mass is 32.2. The molecule has 1 N–H and O–H groups in total. The summed E-state index contributed by atoms with van der Waals surface area (Å²) in [6.45, 7) is 9.34. The predicted octanol–water partition coefficient (Wildman–Crippen LogP) is 4.19. The molecule has 32 heavy (non-hydrogen) atoms. The molecular weight excluding hydrogens is 428 g/mol. The molecular formula is C24H28N2O5S. The van der Waals surface area contributed by atoms with Crippen LogP contribution in [0.15, 0.2) is 39.6 Å². The molecule has 1 fully saturated rings. The Kier molecular flexibility index (Phi) is 6.01. The van der Waals surface area contributed by atoms with Gasteiger partial charge in [0.05, 0.1) is 13.2 Å². The number of sulfonamides is 1. The van der Waals surface area contributed by atoms with Crippen LogP contribution in [0.5, 0.6) is 0 Å². The van der Waals surface area contributed by atoms with Gasteiger partial charge in [0.25, 0.3) is 15.9 Å². The number of benzene rings is 2. The lowest BCUT2D eigenvalue weighted by Gasteiger charge is -2.26. The number of furan rings is 1. The zero-order chi connectivity index (χ0) is 23.0. The van der Waals surface area contributed by atoms with Gasteiger partial charge in [0.15, 0.2) is 11.3 Å². The van der Waals surface area contributed by atoms with Crippen LogP contribution >= 0.6 is 0 Å². The van der Waals surface area contributed by atoms with Gasteiger partial charge in [-0.05, 0) is 62.1 Å². The highest BCUT2D eigenvalue weighted by molar-refractivity contribution is 7.93. The van der Waals surface area contributed by atoms with Crippen LogP contribution in [-0.4, -0.2) is 45.5 Å². The van der Waals surface area contributed by atoms with Crippen LogP contribution < -0.4 is 4.72 Å². The fourth-order valence-electron chi connectivity index (χ4n) is 4.04. The van der Waals surface area contributed by atoms with Crippen LogP contribution in [0.2, 0.25) is 0 Å². The Hall–Kier alpha value is -2.84. The predicted molar refractivity (Wildman–Crippen MR) is 124 cm³/mol. The first kappa shape index (κ1) is 22.4. The number of anilines is 1. The van der Waals surface area contributed by atoms with Crippen molar-refractivity contribution >= 4 is 32.6 Å². The molecule has 1 saturated heterocycles. The van der Waals surface area contributed by atoms with Gasteiger partial charge in [-0.2, -0.15) is 0 Å². The molecule has 1 aliphatic heterocycles. The second-order valence-electron chi connectivity index (χ2n) is 8.14. The van der Waals surface area contributed by atoms with Crippen LogP contribution in [0, 0.1) is 20.8 Å². The zero-order valence-electron chi connectivity index (χ0n) is 18.8. The second kappa shape index (κ2) is 8.60. The number of carbonyl (C=O) groups excluding carboxylic acids is 1. The quantitative estimate of drug-likeness (QED) is 0.622. The number of nitrogens with zero attached hydrogens (tertiary/aromatic N) is 1. The number of amides is 1. The van der Waals surface area contributed by atoms with Gasteiger partial charge in [-0.3, -0.25) is 9.52 Å². The molecule has 1 aliphatic rings. The Bertz CT molecular complexity index is 1290. The van der Waals surface area contributed by atoms with Crippen LogP contribution in [-0.2, 0) is 21.2 Å². The number of ether oxygens (including phenoxy) is 1. The standard InChI is InChI=1S/C24H28N2O5S/c1-5-18-7-6-8-19(14-18)25-32(28,29)23-16(3)15(2)13-20-17(4)21(31-22(20)23)24(27)26-9-11-30-12-10-26/h6-8,13-14,25H,5,9-12H2,1-4H3. The molecule has 0 radical (unpaired) electrons. The van der Waals surface area contributed by atoms with Gasteiger partial charge in [0.1, 0.15) is 4.90 Å². The zero-order valence-corrected chi connectivity index (χ0v) is 19.6. The van der Waals surface area contributed by atoms with Crippen molar-refractivity contribution in [3.05, 3.63) is 58.3 Å². The summed E-state index contributed by atoms with van der Waals surface area (Å²) in [5.74, 6) is -0.0689. The summed E-state index contributed by atoms with van der Waals surface area (Å²) in [6.07, 6.45) is 0.799. The Morgan fingerprint density at radius 2 is 1.81 bits per heavy atom. The minimum Gasteiger partial charge on any atom is -0.449 e. The maximum Gasteiger partial charge on any atom is 0.290 e. The first-order chi connectivity index (χ1) is 15.2. The van der Waals surface area contributed by atoms with Gasteiger partial charge in [0.2, 0.25) is 0 Å². The molecule has 0 unspecified atom stereocenters. The van der Waals surface area contributed by atoms with Crippen molar-refractivity contribution in [3.8, 4) is 0 Å². The molecule has 7 nitrogen and oxygen atoms in total. The minimum atomic E-state index is -3.96. The first-order valence-electron chi connectivity index (χ1n) is 10.7. The summed E-state index contributed by atoms with van der Waals surface area (Å²) in [4.78, 5) is 14.8. The van der Waals surface area contributed by atoms with E-state index in [-0.39, 0.29) is 22.1 Å². The maximum atomic E-state index is 13.5. The molecule has 3 aromatic rings. The van der Waals surface area contributed by atoms with E-state index in [0.29, 0.717) is 48.5 Å². The van der Waals surface area contributed by atoms with Gasteiger partial charge in [-0.25, -0.2) is 8.42 Å². The van der Waals surface area contributed by atoms with Crippen LogP contribution in [0.1, 0.15) is 39.7 Å². The number of fused-ring (bicyclic) bond motifs is 1. The van der Waals surface area contributed by atoms with Gasteiger partial charge < -0.3 is 14.1 Å². The monoisotopic (exact) mass is 456 g/mol. The third kappa shape index (κ3) is 4.00. The van der Waals surface area contributed by atoms with Crippen LogP contribution in [0.4, 0.5) is 5.69 Å². The largest absolute Gasteiger partial charge is 0.449 e. The average molecular weight is 457 g/mol. The highest BCUT2D eigenvalue weighted by Crippen LogP contribution is 2.36. The Balaban J connectivity index is 1.83. The summed E-state index contributed by atoms with van der Waals surface area (Å²) in [5.41, 5.74) is 3.78. The third-order valence-electron chi connectivity index (χ3n) is 6.04. The van der Waals surface area contributed by atoms with E-state index >= 15 is 0 Å². The molecule has 0 aliphatic carbocycles. The molecule has 0 spiro atoms. The summed E-state index contributed by atoms with van der Waals surface area (Å²) < 4.78 is 41.0. The molecule has 4 rings (SSSR count). The normalized spacial score (nSPS) is 14.7. The van der Waals surface area contributed by atoms with E-state index in [1.165, 1.54) is 0 Å². The average Bonchev–Trinajstić information content (AvgIpc) is 3.09. The van der Waals surface area contributed by atoms with Gasteiger partial charge in [-0.15, -0.1) is 0 Å². The Morgan fingerprint density at radius 3 is 2.50 bits per heavy atom. The van der Waals surface area contributed by atoms with Crippen molar-refractivity contribution in [1.82, 2.24) is 4.90 Å². The van der Waals surface area contributed by atoms with E-state index in [2.05, 4.69) is 4.72 Å². The number of hydrogen-bond donors (Lipinski definition) is 1. The van der Waals surface area contributed by atoms with Crippen molar-refractivity contribution in [2.24, 2.45) is 0 Å². The van der Waals surface area contributed by atoms with Gasteiger partial charge >= 0.3 is 0 Å². The molecule has 2 aromatic carbocycles. The van der Waals surface area contributed by atoms with Crippen molar-refractivity contribution in [1.29, 1.82) is 0 Å². The van der Waals surface area contributed by atoms with E-state index in [1.54, 1.807) is 24.8 Å². The van der Waals surface area contributed by atoms with E-state index in [9.17, 15) is 13.2 Å². The first-order valence-corrected chi connectivity index (χ1v) is 12.2. The molecule has 2 heterocycles. The molecule has 0 saturated carbocycles. The lowest BCUT2D eigenvalue weighted by Crippen LogP contribution is -2.40. The SMILES string of the molecule is CCc1cccc(NS(=O)(=O)c2c(C)c(C)cc3c(C)c(C(=O)N4CCOCC4)oc23)c1. The Labute approximate surface area is 188 Å². The molecule has 1 aromatic heterocycles. The van der Waals surface area contributed by atoms with Crippen molar-refractivity contribution in [2.75, 3.05) is 31.0 Å². The molecule has 0 atom stereocenters. The number of nitrogens with one attached hydrogen (secondary N) is 1. The summed E-state index contributed by atoms with van der Waals surface area (Å²) in [5, 5.41) is 0.632. The summed E-state index contributed by atoms with van der Waals surface area (Å²) in [7, 11) is -3.96. The third-order valence-corrected chi connectivity index (χ3v) is 7.57. The van der Waals surface area contributed by atoms with Crippen molar-refractivity contribution in [2.45, 2.75) is 39.0 Å². The Morgan fingerprint density at radius 1 is 1.09 bits per heavy atom. The fourth-order valence-corrected chi connectivity index (χ4v) is 5.54. The summed E-state index contributed by atoms with van der Waals surface area (Å²) >= 11 is 0. The highest BCUT2D eigenvalue weighted by Gasteiger charge is 2.30. The fraction of sp³-hybridized carbons (Fsp3) is 0.375. The van der Waals surface area contributed by atoms with Gasteiger partial charge in [0, 0.05) is 29.7 Å². The van der Waals surface area contributed by atoms with Crippen LogP contribution in [0.25, 0.3) is 11.0 Å². The lowest BCUT2D eigenvalue weighted by molar-refractivity contribution is 0.0283. The number of rotatable bonds is 5. The maximum absolute atomic E-state index is 13.5. The lowest BCUT2D eigenvalue weighted by atomic mass is 10.0. The molecule has 170 valence electrons. The van der Waals surface area contributed by atoms with Crippen molar-refractivity contribution < 1.29 is 22.4 Å². The number of morpholine rings is 1.